The predicted octanol–water partition coefficient (Wildman–Crippen LogP) is 1.55. The highest BCUT2D eigenvalue weighted by Crippen LogP contribution is 2.12. The number of hydrogen-bond acceptors (Lipinski definition) is 4. The first kappa shape index (κ1) is 13.8. The van der Waals surface area contributed by atoms with Gasteiger partial charge in [0.1, 0.15) is 0 Å². The lowest BCUT2D eigenvalue weighted by atomic mass is 10.2. The van der Waals surface area contributed by atoms with E-state index in [1.54, 1.807) is 0 Å². The topological polar surface area (TPSA) is 44.8 Å². The van der Waals surface area contributed by atoms with Crippen molar-refractivity contribution in [2.24, 2.45) is 0 Å². The van der Waals surface area contributed by atoms with Gasteiger partial charge in [-0.2, -0.15) is 0 Å². The molecule has 0 radical (unpaired) electrons. The van der Waals surface area contributed by atoms with E-state index in [-0.39, 0.29) is 5.41 Å². The first-order valence-electron chi connectivity index (χ1n) is 4.85. The van der Waals surface area contributed by atoms with Crippen molar-refractivity contribution in [2.45, 2.75) is 32.6 Å². The molecule has 0 aromatic carbocycles. The van der Waals surface area contributed by atoms with Crippen LogP contribution >= 0.6 is 0 Å². The summed E-state index contributed by atoms with van der Waals surface area (Å²) in [6.45, 7) is 2.10. The summed E-state index contributed by atoms with van der Waals surface area (Å²) in [4.78, 5) is 11.7. The Balaban J connectivity index is 4.15. The Morgan fingerprint density at radius 3 is 1.93 bits per heavy atom. The van der Waals surface area contributed by atoms with Crippen LogP contribution in [0.1, 0.15) is 32.6 Å². The van der Waals surface area contributed by atoms with Crippen LogP contribution in [-0.4, -0.2) is 35.5 Å². The monoisotopic (exact) mass is 220 g/mol. The van der Waals surface area contributed by atoms with Gasteiger partial charge < -0.3 is 13.3 Å². The van der Waals surface area contributed by atoms with Crippen molar-refractivity contribution >= 4 is 14.2 Å². The van der Waals surface area contributed by atoms with Crippen LogP contribution in [-0.2, 0) is 18.1 Å². The molecule has 84 valence electrons. The van der Waals surface area contributed by atoms with Gasteiger partial charge in [-0.25, -0.2) is 0 Å². The van der Waals surface area contributed by atoms with Crippen molar-refractivity contribution in [1.82, 2.24) is 0 Å². The normalized spacial score (nSPS) is 11.7. The Hall–Kier alpha value is -0.233. The van der Waals surface area contributed by atoms with Crippen molar-refractivity contribution in [1.29, 1.82) is 0 Å². The molecule has 0 fully saturated rings. The van der Waals surface area contributed by atoms with Gasteiger partial charge >= 0.3 is 8.80 Å². The molecule has 0 aliphatic carbocycles. The zero-order chi connectivity index (χ0) is 11.0. The Labute approximate surface area is 86.9 Å². The molecule has 0 saturated carbocycles. The van der Waals surface area contributed by atoms with Gasteiger partial charge in [-0.3, -0.25) is 4.79 Å². The molecule has 0 aliphatic heterocycles. The van der Waals surface area contributed by atoms with Gasteiger partial charge in [0, 0.05) is 27.8 Å². The van der Waals surface area contributed by atoms with Crippen molar-refractivity contribution in [2.75, 3.05) is 21.3 Å². The molecule has 0 amide bonds. The molecular weight excluding hydrogens is 200 g/mol. The van der Waals surface area contributed by atoms with Gasteiger partial charge in [-0.15, -0.1) is 0 Å². The van der Waals surface area contributed by atoms with Gasteiger partial charge in [0.15, 0.2) is 0 Å². The maximum absolute atomic E-state index is 11.7. The second kappa shape index (κ2) is 7.11. The summed E-state index contributed by atoms with van der Waals surface area (Å²) >= 11 is 0. The van der Waals surface area contributed by atoms with Gasteiger partial charge in [0.2, 0.25) is 5.41 Å². The van der Waals surface area contributed by atoms with Crippen LogP contribution in [0.15, 0.2) is 0 Å². The van der Waals surface area contributed by atoms with E-state index in [1.807, 2.05) is 0 Å². The lowest BCUT2D eigenvalue weighted by molar-refractivity contribution is -0.118. The third kappa shape index (κ3) is 3.49. The van der Waals surface area contributed by atoms with Gasteiger partial charge in [-0.1, -0.05) is 19.8 Å². The van der Waals surface area contributed by atoms with Crippen LogP contribution in [0, 0.1) is 0 Å². The molecule has 5 heteroatoms. The number of rotatable bonds is 8. The molecule has 0 spiro atoms. The summed E-state index contributed by atoms with van der Waals surface area (Å²) in [7, 11) is 1.36. The third-order valence-corrected chi connectivity index (χ3v) is 4.70. The van der Waals surface area contributed by atoms with E-state index in [9.17, 15) is 4.79 Å². The van der Waals surface area contributed by atoms with Crippen LogP contribution in [0.25, 0.3) is 0 Å². The summed E-state index contributed by atoms with van der Waals surface area (Å²) in [6, 6.07) is 0. The predicted molar refractivity (Wildman–Crippen MR) is 55.9 cm³/mol. The fourth-order valence-corrected chi connectivity index (χ4v) is 2.95. The standard InChI is InChI=1S/C9H20O4Si/c1-5-6-7-8-9(10)14(11-2,12-3)13-4/h5-8H2,1-4H3. The van der Waals surface area contributed by atoms with Gasteiger partial charge in [-0.05, 0) is 6.42 Å². The molecule has 0 bridgehead atoms. The quantitative estimate of drug-likeness (QED) is 0.460. The number of carbonyl (C=O) groups is 1. The van der Waals surface area contributed by atoms with Crippen molar-refractivity contribution in [3.63, 3.8) is 0 Å². The van der Waals surface area contributed by atoms with E-state index in [0.29, 0.717) is 6.42 Å². The van der Waals surface area contributed by atoms with Crippen molar-refractivity contribution in [3.05, 3.63) is 0 Å². The zero-order valence-corrected chi connectivity index (χ0v) is 10.5. The first-order valence-corrected chi connectivity index (χ1v) is 6.58. The molecule has 0 rings (SSSR count). The van der Waals surface area contributed by atoms with Gasteiger partial charge in [0.25, 0.3) is 0 Å². The van der Waals surface area contributed by atoms with Crippen LogP contribution in [0.2, 0.25) is 0 Å². The number of unbranched alkanes of at least 4 members (excludes halogenated alkanes) is 2. The van der Waals surface area contributed by atoms with Crippen LogP contribution in [0.4, 0.5) is 0 Å². The molecule has 4 nitrogen and oxygen atoms in total. The maximum atomic E-state index is 11.7. The summed E-state index contributed by atoms with van der Waals surface area (Å²) in [6.07, 6.45) is 3.50. The molecule has 0 unspecified atom stereocenters. The molecular formula is C9H20O4Si. The molecule has 0 saturated heterocycles. The minimum absolute atomic E-state index is 0.0292. The maximum Gasteiger partial charge on any atom is 0.573 e. The smallest absolute Gasteiger partial charge is 0.372 e. The van der Waals surface area contributed by atoms with Crippen molar-refractivity contribution in [3.8, 4) is 0 Å². The second-order valence-corrected chi connectivity index (χ2v) is 5.94. The highest BCUT2D eigenvalue weighted by molar-refractivity contribution is 6.92. The summed E-state index contributed by atoms with van der Waals surface area (Å²) < 4.78 is 15.2. The Kier molecular flexibility index (Phi) is 6.99. The lowest BCUT2D eigenvalue weighted by Crippen LogP contribution is -2.51. The zero-order valence-electron chi connectivity index (χ0n) is 9.46. The molecule has 0 aromatic rings. The first-order chi connectivity index (χ1) is 6.66. The SMILES string of the molecule is CCCCCC(=O)[Si](OC)(OC)OC. The molecule has 0 aliphatic rings. The van der Waals surface area contributed by atoms with Crippen LogP contribution in [0.5, 0.6) is 0 Å². The lowest BCUT2D eigenvalue weighted by Gasteiger charge is -2.22. The molecule has 0 atom stereocenters. The van der Waals surface area contributed by atoms with E-state index >= 15 is 0 Å². The largest absolute Gasteiger partial charge is 0.573 e. The van der Waals surface area contributed by atoms with E-state index in [1.165, 1.54) is 21.3 Å². The Morgan fingerprint density at radius 1 is 1.07 bits per heavy atom. The molecule has 0 N–H and O–H groups in total. The van der Waals surface area contributed by atoms with Crippen LogP contribution in [0.3, 0.4) is 0 Å². The second-order valence-electron chi connectivity index (χ2n) is 3.05. The molecule has 14 heavy (non-hydrogen) atoms. The highest BCUT2D eigenvalue weighted by Gasteiger charge is 2.46. The Morgan fingerprint density at radius 2 is 1.57 bits per heavy atom. The molecule has 0 heterocycles. The van der Waals surface area contributed by atoms with Crippen LogP contribution < -0.4 is 0 Å². The summed E-state index contributed by atoms with van der Waals surface area (Å²) in [5, 5.41) is -0.0292. The van der Waals surface area contributed by atoms with Gasteiger partial charge in [0.05, 0.1) is 0 Å². The summed E-state index contributed by atoms with van der Waals surface area (Å²) in [5.74, 6) is 0. The summed E-state index contributed by atoms with van der Waals surface area (Å²) in [5.41, 5.74) is 0. The molecule has 0 aromatic heterocycles. The number of carbonyl (C=O) groups excluding carboxylic acids is 1. The minimum atomic E-state index is -3.01. The highest BCUT2D eigenvalue weighted by atomic mass is 28.4. The van der Waals surface area contributed by atoms with E-state index in [0.717, 1.165) is 19.3 Å². The average Bonchev–Trinajstić information content (AvgIpc) is 2.22. The minimum Gasteiger partial charge on any atom is -0.372 e. The number of hydrogen-bond donors (Lipinski definition) is 0. The van der Waals surface area contributed by atoms with E-state index in [2.05, 4.69) is 6.92 Å². The Bertz CT molecular complexity index is 160. The fourth-order valence-electron chi connectivity index (χ4n) is 1.28. The van der Waals surface area contributed by atoms with E-state index in [4.69, 9.17) is 13.3 Å². The average molecular weight is 220 g/mol. The third-order valence-electron chi connectivity index (χ3n) is 2.16. The fraction of sp³-hybridized carbons (Fsp3) is 0.889. The van der Waals surface area contributed by atoms with E-state index < -0.39 is 8.80 Å². The van der Waals surface area contributed by atoms with Crippen molar-refractivity contribution < 1.29 is 18.1 Å².